The zero-order valence-electron chi connectivity index (χ0n) is 9.65. The quantitative estimate of drug-likeness (QED) is 0.827. The summed E-state index contributed by atoms with van der Waals surface area (Å²) in [4.78, 5) is 0. The van der Waals surface area contributed by atoms with E-state index >= 15 is 0 Å². The smallest absolute Gasteiger partial charge is 0.154 e. The van der Waals surface area contributed by atoms with Crippen molar-refractivity contribution in [2.45, 2.75) is 32.1 Å². The summed E-state index contributed by atoms with van der Waals surface area (Å²) in [6, 6.07) is 7.45. The van der Waals surface area contributed by atoms with Crippen molar-refractivity contribution in [1.29, 1.82) is 0 Å². The van der Waals surface area contributed by atoms with Gasteiger partial charge in [0.25, 0.3) is 0 Å². The molecule has 1 rings (SSSR count). The molecule has 0 radical (unpaired) electrons. The van der Waals surface area contributed by atoms with Gasteiger partial charge in [0, 0.05) is 6.54 Å². The SMILES string of the molecule is CCCCS(=O)(=O)Cc1ccccc1CN. The maximum atomic E-state index is 11.8. The van der Waals surface area contributed by atoms with Crippen molar-refractivity contribution in [3.63, 3.8) is 0 Å². The van der Waals surface area contributed by atoms with E-state index in [1.165, 1.54) is 0 Å². The number of rotatable bonds is 6. The van der Waals surface area contributed by atoms with Gasteiger partial charge in [-0.3, -0.25) is 0 Å². The second-order valence-electron chi connectivity index (χ2n) is 3.92. The molecule has 1 aromatic rings. The molecule has 0 bridgehead atoms. The van der Waals surface area contributed by atoms with E-state index in [1.807, 2.05) is 31.2 Å². The van der Waals surface area contributed by atoms with Gasteiger partial charge in [0.05, 0.1) is 11.5 Å². The molecule has 1 aromatic carbocycles. The molecule has 0 saturated heterocycles. The minimum absolute atomic E-state index is 0.111. The lowest BCUT2D eigenvalue weighted by Gasteiger charge is -2.08. The van der Waals surface area contributed by atoms with Crippen LogP contribution in [0.5, 0.6) is 0 Å². The molecule has 0 atom stereocenters. The second kappa shape index (κ2) is 6.01. The van der Waals surface area contributed by atoms with Crippen LogP contribution in [0, 0.1) is 0 Å². The average molecular weight is 241 g/mol. The Hall–Kier alpha value is -0.870. The Bertz CT molecular complexity index is 426. The topological polar surface area (TPSA) is 60.2 Å². The van der Waals surface area contributed by atoms with Gasteiger partial charge < -0.3 is 5.73 Å². The zero-order chi connectivity index (χ0) is 12.0. The first-order valence-corrected chi connectivity index (χ1v) is 7.38. The Balaban J connectivity index is 2.79. The van der Waals surface area contributed by atoms with E-state index in [0.29, 0.717) is 6.54 Å². The third-order valence-electron chi connectivity index (χ3n) is 2.52. The summed E-state index contributed by atoms with van der Waals surface area (Å²) in [6.07, 6.45) is 1.63. The minimum Gasteiger partial charge on any atom is -0.326 e. The Morgan fingerprint density at radius 2 is 1.81 bits per heavy atom. The predicted octanol–water partition coefficient (Wildman–Crippen LogP) is 1.86. The highest BCUT2D eigenvalue weighted by Crippen LogP contribution is 2.13. The predicted molar refractivity (Wildman–Crippen MR) is 66.7 cm³/mol. The summed E-state index contributed by atoms with van der Waals surface area (Å²) in [7, 11) is -2.98. The maximum absolute atomic E-state index is 11.8. The van der Waals surface area contributed by atoms with Gasteiger partial charge >= 0.3 is 0 Å². The second-order valence-corrected chi connectivity index (χ2v) is 6.10. The highest BCUT2D eigenvalue weighted by atomic mass is 32.2. The number of sulfone groups is 1. The van der Waals surface area contributed by atoms with Crippen molar-refractivity contribution in [3.05, 3.63) is 35.4 Å². The molecule has 3 nitrogen and oxygen atoms in total. The highest BCUT2D eigenvalue weighted by Gasteiger charge is 2.13. The summed E-state index contributed by atoms with van der Waals surface area (Å²) >= 11 is 0. The fourth-order valence-electron chi connectivity index (χ4n) is 1.57. The summed E-state index contributed by atoms with van der Waals surface area (Å²) in [5, 5.41) is 0. The molecule has 0 saturated carbocycles. The summed E-state index contributed by atoms with van der Waals surface area (Å²) < 4.78 is 23.6. The van der Waals surface area contributed by atoms with Crippen LogP contribution in [0.3, 0.4) is 0 Å². The van der Waals surface area contributed by atoms with E-state index in [2.05, 4.69) is 0 Å². The van der Waals surface area contributed by atoms with Crippen LogP contribution in [0.1, 0.15) is 30.9 Å². The highest BCUT2D eigenvalue weighted by molar-refractivity contribution is 7.90. The summed E-state index contributed by atoms with van der Waals surface area (Å²) in [5.41, 5.74) is 7.33. The summed E-state index contributed by atoms with van der Waals surface area (Å²) in [6.45, 7) is 2.38. The molecule has 0 unspecified atom stereocenters. The molecule has 0 amide bonds. The van der Waals surface area contributed by atoms with Crippen molar-refractivity contribution in [2.75, 3.05) is 5.75 Å². The van der Waals surface area contributed by atoms with E-state index in [4.69, 9.17) is 5.73 Å². The molecule has 0 aliphatic carbocycles. The standard InChI is InChI=1S/C12H19NO2S/c1-2-3-8-16(14,15)10-12-7-5-4-6-11(12)9-13/h4-7H,2-3,8-10,13H2,1H3. The maximum Gasteiger partial charge on any atom is 0.154 e. The molecular weight excluding hydrogens is 222 g/mol. The lowest BCUT2D eigenvalue weighted by Crippen LogP contribution is -2.11. The lowest BCUT2D eigenvalue weighted by atomic mass is 10.1. The average Bonchev–Trinajstić information content (AvgIpc) is 2.27. The van der Waals surface area contributed by atoms with Crippen molar-refractivity contribution in [2.24, 2.45) is 5.73 Å². The first kappa shape index (κ1) is 13.2. The molecule has 0 spiro atoms. The molecule has 0 fully saturated rings. The molecule has 0 aromatic heterocycles. The number of hydrogen-bond donors (Lipinski definition) is 1. The van der Waals surface area contributed by atoms with Gasteiger partial charge in [0.15, 0.2) is 9.84 Å². The lowest BCUT2D eigenvalue weighted by molar-refractivity contribution is 0.591. The van der Waals surface area contributed by atoms with E-state index in [1.54, 1.807) is 0 Å². The molecule has 2 N–H and O–H groups in total. The Labute approximate surface area is 97.6 Å². The van der Waals surface area contributed by atoms with Gasteiger partial charge in [-0.2, -0.15) is 0 Å². The van der Waals surface area contributed by atoms with Gasteiger partial charge in [0.1, 0.15) is 0 Å². The molecule has 90 valence electrons. The van der Waals surface area contributed by atoms with Crippen molar-refractivity contribution < 1.29 is 8.42 Å². The van der Waals surface area contributed by atoms with Crippen molar-refractivity contribution >= 4 is 9.84 Å². The largest absolute Gasteiger partial charge is 0.326 e. The Morgan fingerprint density at radius 3 is 2.38 bits per heavy atom. The van der Waals surface area contributed by atoms with Crippen LogP contribution < -0.4 is 5.73 Å². The van der Waals surface area contributed by atoms with Crippen LogP contribution in [-0.2, 0) is 22.1 Å². The normalized spacial score (nSPS) is 11.6. The Morgan fingerprint density at radius 1 is 1.19 bits per heavy atom. The van der Waals surface area contributed by atoms with E-state index in [0.717, 1.165) is 24.0 Å². The van der Waals surface area contributed by atoms with E-state index < -0.39 is 9.84 Å². The molecule has 0 aliphatic heterocycles. The minimum atomic E-state index is -2.98. The molecule has 0 heterocycles. The van der Waals surface area contributed by atoms with Crippen LogP contribution in [0.15, 0.2) is 24.3 Å². The fourth-order valence-corrected chi connectivity index (χ4v) is 3.20. The van der Waals surface area contributed by atoms with Gasteiger partial charge in [0.2, 0.25) is 0 Å². The van der Waals surface area contributed by atoms with Crippen LogP contribution in [0.4, 0.5) is 0 Å². The first-order valence-electron chi connectivity index (χ1n) is 5.56. The van der Waals surface area contributed by atoms with Gasteiger partial charge in [-0.1, -0.05) is 37.6 Å². The van der Waals surface area contributed by atoms with Crippen LogP contribution in [0.2, 0.25) is 0 Å². The third kappa shape index (κ3) is 3.94. The van der Waals surface area contributed by atoms with Crippen LogP contribution in [-0.4, -0.2) is 14.2 Å². The zero-order valence-corrected chi connectivity index (χ0v) is 10.5. The molecule has 0 aliphatic rings. The summed E-state index contributed by atoms with van der Waals surface area (Å²) in [5.74, 6) is 0.378. The molecule has 16 heavy (non-hydrogen) atoms. The number of nitrogens with two attached hydrogens (primary N) is 1. The van der Waals surface area contributed by atoms with Crippen LogP contribution in [0.25, 0.3) is 0 Å². The van der Waals surface area contributed by atoms with Gasteiger partial charge in [-0.25, -0.2) is 8.42 Å². The van der Waals surface area contributed by atoms with E-state index in [9.17, 15) is 8.42 Å². The Kier molecular flexibility index (Phi) is 4.96. The number of benzene rings is 1. The van der Waals surface area contributed by atoms with Crippen LogP contribution >= 0.6 is 0 Å². The van der Waals surface area contributed by atoms with Gasteiger partial charge in [-0.15, -0.1) is 0 Å². The van der Waals surface area contributed by atoms with Gasteiger partial charge in [-0.05, 0) is 17.5 Å². The monoisotopic (exact) mass is 241 g/mol. The first-order chi connectivity index (χ1) is 7.59. The van der Waals surface area contributed by atoms with Crippen molar-refractivity contribution in [1.82, 2.24) is 0 Å². The number of unbranched alkanes of at least 4 members (excludes halogenated alkanes) is 1. The van der Waals surface area contributed by atoms with Crippen molar-refractivity contribution in [3.8, 4) is 0 Å². The third-order valence-corrected chi connectivity index (χ3v) is 4.18. The molecular formula is C12H19NO2S. The number of hydrogen-bond acceptors (Lipinski definition) is 3. The fraction of sp³-hybridized carbons (Fsp3) is 0.500. The molecule has 4 heteroatoms. The van der Waals surface area contributed by atoms with E-state index in [-0.39, 0.29) is 11.5 Å².